The molecule has 0 aromatic heterocycles. The van der Waals surface area contributed by atoms with Gasteiger partial charge in [0, 0.05) is 12.4 Å². The van der Waals surface area contributed by atoms with Gasteiger partial charge >= 0.3 is 0 Å². The fourth-order valence-electron chi connectivity index (χ4n) is 0.616. The van der Waals surface area contributed by atoms with Gasteiger partial charge in [-0.2, -0.15) is 0 Å². The van der Waals surface area contributed by atoms with E-state index in [0.717, 1.165) is 6.29 Å². The molecular formula is C7H8N2O. The highest BCUT2D eigenvalue weighted by Crippen LogP contribution is 1.90. The highest BCUT2D eigenvalue weighted by Gasteiger charge is 1.91. The summed E-state index contributed by atoms with van der Waals surface area (Å²) >= 11 is 0. The molecule has 1 rings (SSSR count). The van der Waals surface area contributed by atoms with E-state index < -0.39 is 0 Å². The fraction of sp³-hybridized carbons (Fsp3) is 0.143. The first-order chi connectivity index (χ1) is 4.93. The molecule has 3 nitrogen and oxygen atoms in total. The SMILES string of the molecule is O=CCN1C=CC=CN=C1. The number of carbonyl (C=O) groups excluding carboxylic acids is 1. The lowest BCUT2D eigenvalue weighted by Crippen LogP contribution is -2.16. The molecule has 0 saturated carbocycles. The average molecular weight is 136 g/mol. The van der Waals surface area contributed by atoms with Crippen LogP contribution < -0.4 is 0 Å². The van der Waals surface area contributed by atoms with Gasteiger partial charge in [0.2, 0.25) is 0 Å². The molecule has 10 heavy (non-hydrogen) atoms. The van der Waals surface area contributed by atoms with E-state index in [1.54, 1.807) is 29.7 Å². The lowest BCUT2D eigenvalue weighted by Gasteiger charge is -2.06. The van der Waals surface area contributed by atoms with Crippen molar-refractivity contribution in [3.8, 4) is 0 Å². The summed E-state index contributed by atoms with van der Waals surface area (Å²) in [6.45, 7) is 0.363. The van der Waals surface area contributed by atoms with Crippen LogP contribution in [0.5, 0.6) is 0 Å². The smallest absolute Gasteiger partial charge is 0.139 e. The van der Waals surface area contributed by atoms with Crippen molar-refractivity contribution >= 4 is 12.6 Å². The molecule has 0 fully saturated rings. The monoisotopic (exact) mass is 136 g/mol. The van der Waals surface area contributed by atoms with Crippen molar-refractivity contribution < 1.29 is 4.79 Å². The largest absolute Gasteiger partial charge is 0.332 e. The summed E-state index contributed by atoms with van der Waals surface area (Å²) in [6, 6.07) is 0. The molecule has 0 bridgehead atoms. The number of hydrogen-bond acceptors (Lipinski definition) is 3. The Bertz CT molecular complexity index is 178. The van der Waals surface area contributed by atoms with Crippen LogP contribution in [0.1, 0.15) is 0 Å². The summed E-state index contributed by atoms with van der Waals surface area (Å²) in [4.78, 5) is 15.6. The second-order valence-electron chi connectivity index (χ2n) is 1.81. The molecule has 0 atom stereocenters. The standard InChI is InChI=1S/C7H8N2O/c10-6-5-9-4-2-1-3-8-7-9/h1-4,6-7H,5H2. The van der Waals surface area contributed by atoms with Gasteiger partial charge in [-0.25, -0.2) is 4.99 Å². The number of aldehydes is 1. The van der Waals surface area contributed by atoms with Crippen molar-refractivity contribution in [2.45, 2.75) is 0 Å². The third-order valence-corrected chi connectivity index (χ3v) is 1.06. The van der Waals surface area contributed by atoms with E-state index in [-0.39, 0.29) is 0 Å². The number of nitrogens with zero attached hydrogens (tertiary/aromatic N) is 2. The predicted octanol–water partition coefficient (Wildman–Crippen LogP) is 0.557. The third kappa shape index (κ3) is 1.85. The summed E-state index contributed by atoms with van der Waals surface area (Å²) in [6.07, 6.45) is 9.54. The van der Waals surface area contributed by atoms with Crippen molar-refractivity contribution in [2.75, 3.05) is 6.54 Å². The minimum Gasteiger partial charge on any atom is -0.332 e. The Morgan fingerprint density at radius 1 is 1.50 bits per heavy atom. The molecule has 0 N–H and O–H groups in total. The summed E-state index contributed by atoms with van der Waals surface area (Å²) < 4.78 is 0. The first kappa shape index (κ1) is 6.74. The Kier molecular flexibility index (Phi) is 2.43. The molecule has 0 aliphatic carbocycles. The van der Waals surface area contributed by atoms with Crippen molar-refractivity contribution in [1.82, 2.24) is 4.90 Å². The molecule has 0 spiro atoms. The highest BCUT2D eigenvalue weighted by molar-refractivity contribution is 5.64. The van der Waals surface area contributed by atoms with Gasteiger partial charge in [0.15, 0.2) is 0 Å². The van der Waals surface area contributed by atoms with E-state index in [9.17, 15) is 4.79 Å². The maximum absolute atomic E-state index is 10.0. The van der Waals surface area contributed by atoms with Crippen LogP contribution in [0, 0.1) is 0 Å². The summed E-state index contributed by atoms with van der Waals surface area (Å²) in [5.41, 5.74) is 0. The van der Waals surface area contributed by atoms with Gasteiger partial charge in [-0.1, -0.05) is 0 Å². The van der Waals surface area contributed by atoms with Crippen LogP contribution in [0.3, 0.4) is 0 Å². The quantitative estimate of drug-likeness (QED) is 0.519. The average Bonchev–Trinajstić information content (AvgIpc) is 2.17. The van der Waals surface area contributed by atoms with Crippen molar-refractivity contribution in [1.29, 1.82) is 0 Å². The molecule has 52 valence electrons. The van der Waals surface area contributed by atoms with Crippen molar-refractivity contribution in [3.05, 3.63) is 24.6 Å². The van der Waals surface area contributed by atoms with E-state index in [1.165, 1.54) is 0 Å². The van der Waals surface area contributed by atoms with Crippen LogP contribution in [0.15, 0.2) is 29.5 Å². The van der Waals surface area contributed by atoms with E-state index >= 15 is 0 Å². The van der Waals surface area contributed by atoms with E-state index in [1.807, 2.05) is 6.08 Å². The van der Waals surface area contributed by atoms with Crippen molar-refractivity contribution in [3.63, 3.8) is 0 Å². The first-order valence-corrected chi connectivity index (χ1v) is 2.99. The summed E-state index contributed by atoms with van der Waals surface area (Å²) in [5.74, 6) is 0. The third-order valence-electron chi connectivity index (χ3n) is 1.06. The molecule has 3 heteroatoms. The van der Waals surface area contributed by atoms with Gasteiger partial charge in [0.25, 0.3) is 0 Å². The van der Waals surface area contributed by atoms with Crippen LogP contribution in [0.4, 0.5) is 0 Å². The van der Waals surface area contributed by atoms with Gasteiger partial charge in [-0.3, -0.25) is 0 Å². The molecule has 1 aliphatic rings. The second kappa shape index (κ2) is 3.61. The number of aliphatic imine (C=N–C) groups is 1. The van der Waals surface area contributed by atoms with Crippen LogP contribution in [-0.4, -0.2) is 24.1 Å². The summed E-state index contributed by atoms with van der Waals surface area (Å²) in [5, 5.41) is 0. The summed E-state index contributed by atoms with van der Waals surface area (Å²) in [7, 11) is 0. The Hall–Kier alpha value is -1.38. The topological polar surface area (TPSA) is 32.7 Å². The fourth-order valence-corrected chi connectivity index (χ4v) is 0.616. The molecule has 0 amide bonds. The van der Waals surface area contributed by atoms with E-state index in [4.69, 9.17) is 0 Å². The van der Waals surface area contributed by atoms with Gasteiger partial charge in [0.1, 0.15) is 6.29 Å². The molecule has 0 radical (unpaired) electrons. The van der Waals surface area contributed by atoms with E-state index in [2.05, 4.69) is 4.99 Å². The maximum Gasteiger partial charge on any atom is 0.139 e. The van der Waals surface area contributed by atoms with Gasteiger partial charge in [0.05, 0.1) is 12.9 Å². The van der Waals surface area contributed by atoms with Gasteiger partial charge < -0.3 is 9.69 Å². The first-order valence-electron chi connectivity index (χ1n) is 2.99. The zero-order valence-electron chi connectivity index (χ0n) is 5.47. The van der Waals surface area contributed by atoms with Crippen molar-refractivity contribution in [2.24, 2.45) is 4.99 Å². The number of allylic oxidation sites excluding steroid dienone is 2. The van der Waals surface area contributed by atoms with Crippen LogP contribution in [0.25, 0.3) is 0 Å². The molecule has 0 aromatic carbocycles. The molecule has 1 heterocycles. The zero-order chi connectivity index (χ0) is 7.23. The number of hydrogen-bond donors (Lipinski definition) is 0. The Morgan fingerprint density at radius 3 is 3.20 bits per heavy atom. The minimum absolute atomic E-state index is 0.363. The van der Waals surface area contributed by atoms with Crippen LogP contribution in [0.2, 0.25) is 0 Å². The molecular weight excluding hydrogens is 128 g/mol. The lowest BCUT2D eigenvalue weighted by molar-refractivity contribution is -0.107. The normalized spacial score (nSPS) is 15.4. The number of carbonyl (C=O) groups is 1. The lowest BCUT2D eigenvalue weighted by atomic mass is 10.5. The minimum atomic E-state index is 0.363. The Labute approximate surface area is 59.4 Å². The Morgan fingerprint density at radius 2 is 2.40 bits per heavy atom. The van der Waals surface area contributed by atoms with Gasteiger partial charge in [-0.15, -0.1) is 0 Å². The maximum atomic E-state index is 10.0. The second-order valence-corrected chi connectivity index (χ2v) is 1.81. The zero-order valence-corrected chi connectivity index (χ0v) is 5.47. The van der Waals surface area contributed by atoms with Gasteiger partial charge in [-0.05, 0) is 12.2 Å². The van der Waals surface area contributed by atoms with Crippen LogP contribution >= 0.6 is 0 Å². The number of rotatable bonds is 2. The molecule has 0 saturated heterocycles. The molecule has 0 unspecified atom stereocenters. The predicted molar refractivity (Wildman–Crippen MR) is 39.5 cm³/mol. The van der Waals surface area contributed by atoms with Crippen LogP contribution in [-0.2, 0) is 4.79 Å². The highest BCUT2D eigenvalue weighted by atomic mass is 16.1. The molecule has 0 aromatic rings. The Balaban J connectivity index is 2.54. The van der Waals surface area contributed by atoms with E-state index in [0.29, 0.717) is 6.54 Å². The molecule has 1 aliphatic heterocycles.